The van der Waals surface area contributed by atoms with Gasteiger partial charge in [-0.2, -0.15) is 0 Å². The number of primary amides is 1. The highest BCUT2D eigenvalue weighted by molar-refractivity contribution is 5.94. The molecule has 3 aromatic rings. The fourth-order valence-corrected chi connectivity index (χ4v) is 2.72. The second-order valence-electron chi connectivity index (χ2n) is 6.60. The molecule has 0 aliphatic rings. The van der Waals surface area contributed by atoms with E-state index in [2.05, 4.69) is 15.6 Å². The minimum Gasteiger partial charge on any atom is -0.462 e. The van der Waals surface area contributed by atoms with Gasteiger partial charge >= 0.3 is 12.0 Å². The molecule has 3 amide bonds. The summed E-state index contributed by atoms with van der Waals surface area (Å²) in [6, 6.07) is 16.2. The quantitative estimate of drug-likeness (QED) is 0.465. The van der Waals surface area contributed by atoms with Gasteiger partial charge in [-0.15, -0.1) is 0 Å². The van der Waals surface area contributed by atoms with E-state index in [-0.39, 0.29) is 18.8 Å². The van der Waals surface area contributed by atoms with Crippen LogP contribution in [-0.4, -0.2) is 29.5 Å². The molecule has 32 heavy (non-hydrogen) atoms. The van der Waals surface area contributed by atoms with Crippen molar-refractivity contribution in [2.24, 2.45) is 5.73 Å². The third kappa shape index (κ3) is 6.30. The lowest BCUT2D eigenvalue weighted by Crippen LogP contribution is -2.28. The van der Waals surface area contributed by atoms with Gasteiger partial charge in [0.1, 0.15) is 17.2 Å². The van der Waals surface area contributed by atoms with Crippen LogP contribution in [0.25, 0.3) is 0 Å². The summed E-state index contributed by atoms with van der Waals surface area (Å²) in [6.45, 7) is 2.29. The van der Waals surface area contributed by atoms with Crippen molar-refractivity contribution in [1.29, 1.82) is 0 Å². The average Bonchev–Trinajstić information content (AvgIpc) is 2.79. The van der Waals surface area contributed by atoms with Crippen molar-refractivity contribution in [3.8, 4) is 11.5 Å². The van der Waals surface area contributed by atoms with Crippen LogP contribution in [0.15, 0.2) is 66.9 Å². The highest BCUT2D eigenvalue weighted by Gasteiger charge is 2.09. The lowest BCUT2D eigenvalue weighted by molar-refractivity contribution is 0.0526. The summed E-state index contributed by atoms with van der Waals surface area (Å²) in [6.07, 6.45) is 1.44. The van der Waals surface area contributed by atoms with Gasteiger partial charge in [0, 0.05) is 24.5 Å². The van der Waals surface area contributed by atoms with Crippen LogP contribution in [-0.2, 0) is 11.3 Å². The van der Waals surface area contributed by atoms with Gasteiger partial charge in [0.05, 0.1) is 12.2 Å². The van der Waals surface area contributed by atoms with Gasteiger partial charge in [0.15, 0.2) is 0 Å². The third-order valence-corrected chi connectivity index (χ3v) is 4.23. The minimum absolute atomic E-state index is 0.113. The predicted octanol–water partition coefficient (Wildman–Crippen LogP) is 3.47. The molecule has 0 fully saturated rings. The number of esters is 1. The Labute approximate surface area is 184 Å². The summed E-state index contributed by atoms with van der Waals surface area (Å²) in [7, 11) is 0. The molecule has 0 saturated heterocycles. The number of nitrogens with two attached hydrogens (primary N) is 1. The second kappa shape index (κ2) is 10.6. The zero-order valence-electron chi connectivity index (χ0n) is 17.3. The van der Waals surface area contributed by atoms with E-state index in [4.69, 9.17) is 15.2 Å². The number of hydrogen-bond acceptors (Lipinski definition) is 6. The minimum atomic E-state index is -0.636. The lowest BCUT2D eigenvalue weighted by atomic mass is 10.2. The Hall–Kier alpha value is -4.40. The molecular formula is C23H22N4O5. The summed E-state index contributed by atoms with van der Waals surface area (Å²) in [5.41, 5.74) is 7.01. The Morgan fingerprint density at radius 3 is 2.50 bits per heavy atom. The number of ether oxygens (including phenoxy) is 2. The Kier molecular flexibility index (Phi) is 7.37. The molecule has 0 radical (unpaired) electrons. The maximum Gasteiger partial charge on any atom is 0.338 e. The number of amides is 3. The van der Waals surface area contributed by atoms with E-state index in [1.54, 1.807) is 61.5 Å². The van der Waals surface area contributed by atoms with Crippen molar-refractivity contribution in [3.05, 3.63) is 83.7 Å². The van der Waals surface area contributed by atoms with Crippen molar-refractivity contribution in [1.82, 2.24) is 10.3 Å². The first-order valence-corrected chi connectivity index (χ1v) is 9.79. The van der Waals surface area contributed by atoms with Crippen molar-refractivity contribution in [3.63, 3.8) is 0 Å². The maximum atomic E-state index is 12.2. The Bertz CT molecular complexity index is 1120. The van der Waals surface area contributed by atoms with Gasteiger partial charge in [0.25, 0.3) is 5.91 Å². The first-order valence-electron chi connectivity index (χ1n) is 9.79. The lowest BCUT2D eigenvalue weighted by Gasteiger charge is -2.10. The van der Waals surface area contributed by atoms with E-state index in [9.17, 15) is 14.4 Å². The van der Waals surface area contributed by atoms with Crippen LogP contribution < -0.4 is 21.1 Å². The largest absolute Gasteiger partial charge is 0.462 e. The van der Waals surface area contributed by atoms with Gasteiger partial charge in [-0.25, -0.2) is 9.59 Å². The number of rotatable bonds is 8. The molecule has 0 aliphatic carbocycles. The first kappa shape index (κ1) is 22.3. The van der Waals surface area contributed by atoms with Crippen LogP contribution in [0.5, 0.6) is 11.5 Å². The van der Waals surface area contributed by atoms with Crippen molar-refractivity contribution in [2.75, 3.05) is 11.9 Å². The maximum absolute atomic E-state index is 12.2. The van der Waals surface area contributed by atoms with Crippen molar-refractivity contribution < 1.29 is 23.9 Å². The number of pyridine rings is 1. The molecular weight excluding hydrogens is 412 g/mol. The van der Waals surface area contributed by atoms with Gasteiger partial charge in [-0.1, -0.05) is 18.2 Å². The molecule has 9 heteroatoms. The van der Waals surface area contributed by atoms with E-state index in [1.165, 1.54) is 12.3 Å². The molecule has 0 atom stereocenters. The Morgan fingerprint density at radius 2 is 1.78 bits per heavy atom. The number of urea groups is 1. The molecule has 0 spiro atoms. The molecule has 2 aromatic carbocycles. The fourth-order valence-electron chi connectivity index (χ4n) is 2.72. The topological polar surface area (TPSA) is 133 Å². The first-order chi connectivity index (χ1) is 15.4. The van der Waals surface area contributed by atoms with E-state index < -0.39 is 17.9 Å². The molecule has 0 saturated carbocycles. The average molecular weight is 434 g/mol. The summed E-state index contributed by atoms with van der Waals surface area (Å²) >= 11 is 0. The molecule has 164 valence electrons. The number of benzene rings is 2. The fraction of sp³-hybridized carbons (Fsp3) is 0.130. The second-order valence-corrected chi connectivity index (χ2v) is 6.60. The van der Waals surface area contributed by atoms with E-state index in [0.29, 0.717) is 22.7 Å². The van der Waals surface area contributed by atoms with Crippen LogP contribution in [0.3, 0.4) is 0 Å². The monoisotopic (exact) mass is 434 g/mol. The number of nitrogens with zero attached hydrogens (tertiary/aromatic N) is 1. The summed E-state index contributed by atoms with van der Waals surface area (Å²) in [4.78, 5) is 39.1. The Balaban J connectivity index is 1.52. The predicted molar refractivity (Wildman–Crippen MR) is 118 cm³/mol. The molecule has 4 N–H and O–H groups in total. The van der Waals surface area contributed by atoms with Gasteiger partial charge in [-0.3, -0.25) is 9.78 Å². The SMILES string of the molecule is CCOC(=O)c1cccc(NC(=O)NCc2ccc(Oc3ccnc(C(N)=O)c3)cc2)c1. The van der Waals surface area contributed by atoms with E-state index in [1.807, 2.05) is 0 Å². The zero-order valence-corrected chi connectivity index (χ0v) is 17.3. The smallest absolute Gasteiger partial charge is 0.338 e. The molecule has 1 heterocycles. The normalized spacial score (nSPS) is 10.2. The Morgan fingerprint density at radius 1 is 1.00 bits per heavy atom. The van der Waals surface area contributed by atoms with Gasteiger partial charge in [-0.05, 0) is 48.9 Å². The van der Waals surface area contributed by atoms with Crippen molar-refractivity contribution >= 4 is 23.6 Å². The number of hydrogen-bond donors (Lipinski definition) is 3. The molecule has 0 unspecified atom stereocenters. The third-order valence-electron chi connectivity index (χ3n) is 4.23. The van der Waals surface area contributed by atoms with Crippen LogP contribution in [0, 0.1) is 0 Å². The zero-order chi connectivity index (χ0) is 22.9. The number of carbonyl (C=O) groups is 3. The van der Waals surface area contributed by atoms with Crippen LogP contribution in [0.4, 0.5) is 10.5 Å². The van der Waals surface area contributed by atoms with E-state index >= 15 is 0 Å². The molecule has 1 aromatic heterocycles. The van der Waals surface area contributed by atoms with Crippen LogP contribution in [0.1, 0.15) is 33.3 Å². The van der Waals surface area contributed by atoms with Crippen LogP contribution >= 0.6 is 0 Å². The number of aromatic nitrogens is 1. The highest BCUT2D eigenvalue weighted by atomic mass is 16.5. The van der Waals surface area contributed by atoms with Gasteiger partial charge in [0.2, 0.25) is 0 Å². The summed E-state index contributed by atoms with van der Waals surface area (Å²) < 4.78 is 10.6. The standard InChI is InChI=1S/C23H22N4O5/c1-2-31-22(29)16-4-3-5-17(12-16)27-23(30)26-14-15-6-8-18(9-7-15)32-19-10-11-25-20(13-19)21(24)28/h3-13H,2,14H2,1H3,(H2,24,28)(H2,26,27,30). The van der Waals surface area contributed by atoms with Crippen molar-refractivity contribution in [2.45, 2.75) is 13.5 Å². The molecule has 0 aliphatic heterocycles. The van der Waals surface area contributed by atoms with Crippen LogP contribution in [0.2, 0.25) is 0 Å². The number of anilines is 1. The summed E-state index contributed by atoms with van der Waals surface area (Å²) in [5.74, 6) is -0.0982. The molecule has 9 nitrogen and oxygen atoms in total. The molecule has 0 bridgehead atoms. The van der Waals surface area contributed by atoms with Gasteiger partial charge < -0.3 is 25.8 Å². The number of nitrogens with one attached hydrogen (secondary N) is 2. The summed E-state index contributed by atoms with van der Waals surface area (Å²) in [5, 5.41) is 5.43. The highest BCUT2D eigenvalue weighted by Crippen LogP contribution is 2.22. The number of carbonyl (C=O) groups excluding carboxylic acids is 3. The van der Waals surface area contributed by atoms with E-state index in [0.717, 1.165) is 5.56 Å². The molecule has 3 rings (SSSR count).